The van der Waals surface area contributed by atoms with Gasteiger partial charge in [0.1, 0.15) is 17.1 Å². The fourth-order valence-electron chi connectivity index (χ4n) is 5.70. The Balaban J connectivity index is 1.31. The largest absolute Gasteiger partial charge is 0.496 e. The molecule has 0 radical (unpaired) electrons. The number of nitrogens with one attached hydrogen (secondary N) is 1. The molecule has 6 rings (SSSR count). The summed E-state index contributed by atoms with van der Waals surface area (Å²) in [6, 6.07) is 16.1. The molecular weight excluding hydrogens is 466 g/mol. The minimum Gasteiger partial charge on any atom is -0.496 e. The molecule has 7 nitrogen and oxygen atoms in total. The van der Waals surface area contributed by atoms with Crippen molar-refractivity contribution in [1.82, 2.24) is 10.3 Å². The van der Waals surface area contributed by atoms with Crippen LogP contribution in [0.3, 0.4) is 0 Å². The molecule has 2 aromatic carbocycles. The van der Waals surface area contributed by atoms with E-state index in [2.05, 4.69) is 41.5 Å². The van der Waals surface area contributed by atoms with E-state index in [4.69, 9.17) is 14.2 Å². The Labute approximate surface area is 217 Å². The van der Waals surface area contributed by atoms with E-state index >= 15 is 0 Å². The van der Waals surface area contributed by atoms with E-state index in [9.17, 15) is 4.79 Å². The Bertz CT molecular complexity index is 1380. The van der Waals surface area contributed by atoms with Gasteiger partial charge in [0, 0.05) is 48.7 Å². The molecule has 37 heavy (non-hydrogen) atoms. The van der Waals surface area contributed by atoms with Crippen LogP contribution in [0.1, 0.15) is 41.5 Å². The lowest BCUT2D eigenvalue weighted by Crippen LogP contribution is -2.50. The Morgan fingerprint density at radius 3 is 2.86 bits per heavy atom. The summed E-state index contributed by atoms with van der Waals surface area (Å²) < 4.78 is 18.0. The highest BCUT2D eigenvalue weighted by molar-refractivity contribution is 5.92. The maximum atomic E-state index is 13.3. The monoisotopic (exact) mass is 497 g/mol. The minimum atomic E-state index is -0.540. The second-order valence-corrected chi connectivity index (χ2v) is 9.87. The molecule has 3 aromatic rings. The van der Waals surface area contributed by atoms with Crippen molar-refractivity contribution < 1.29 is 19.0 Å². The van der Waals surface area contributed by atoms with Gasteiger partial charge in [0.05, 0.1) is 12.8 Å². The number of fused-ring (bicyclic) bond motifs is 4. The van der Waals surface area contributed by atoms with Gasteiger partial charge >= 0.3 is 6.09 Å². The summed E-state index contributed by atoms with van der Waals surface area (Å²) in [5.41, 5.74) is 5.74. The van der Waals surface area contributed by atoms with Crippen LogP contribution in [0, 0.1) is 6.92 Å². The highest BCUT2D eigenvalue weighted by atomic mass is 16.6. The number of amides is 1. The first-order valence-corrected chi connectivity index (χ1v) is 12.9. The number of aryl methyl sites for hydroxylation is 1. The summed E-state index contributed by atoms with van der Waals surface area (Å²) in [6.45, 7) is 4.29. The van der Waals surface area contributed by atoms with Gasteiger partial charge in [-0.05, 0) is 68.4 Å². The number of piperidine rings is 1. The fourth-order valence-corrected chi connectivity index (χ4v) is 5.70. The number of ether oxygens (including phenoxy) is 3. The van der Waals surface area contributed by atoms with Crippen molar-refractivity contribution >= 4 is 17.4 Å². The van der Waals surface area contributed by atoms with Crippen molar-refractivity contribution in [2.45, 2.75) is 38.2 Å². The summed E-state index contributed by atoms with van der Waals surface area (Å²) >= 11 is 0. The number of aromatic nitrogens is 1. The van der Waals surface area contributed by atoms with Crippen LogP contribution in [0.15, 0.2) is 60.8 Å². The molecule has 3 aliphatic heterocycles. The standard InChI is InChI=1S/C30H31N3O4/c1-20-10-11-25-24(18-20)30(12-15-31-16-13-30)37-29(34)33(25)17-5-6-21-19-23-26(35-2)8-3-9-27(23)36-28-22(21)7-4-14-32-28/h3-4,6-11,14,18,31H,5,12-13,15-17,19H2,1-2H3/b21-6-. The molecule has 4 heterocycles. The predicted molar refractivity (Wildman–Crippen MR) is 142 cm³/mol. The molecule has 190 valence electrons. The number of benzene rings is 2. The smallest absolute Gasteiger partial charge is 0.415 e. The van der Waals surface area contributed by atoms with Gasteiger partial charge in [-0.2, -0.15) is 0 Å². The zero-order chi connectivity index (χ0) is 25.4. The molecule has 1 fully saturated rings. The number of hydrogen-bond donors (Lipinski definition) is 1. The van der Waals surface area contributed by atoms with Crippen LogP contribution >= 0.6 is 0 Å². The van der Waals surface area contributed by atoms with Crippen LogP contribution in [-0.4, -0.2) is 37.8 Å². The number of hydrogen-bond acceptors (Lipinski definition) is 6. The normalized spacial score (nSPS) is 18.8. The van der Waals surface area contributed by atoms with Gasteiger partial charge in [-0.3, -0.25) is 4.90 Å². The third-order valence-corrected chi connectivity index (χ3v) is 7.59. The molecule has 3 aliphatic rings. The van der Waals surface area contributed by atoms with E-state index in [-0.39, 0.29) is 6.09 Å². The molecule has 0 saturated carbocycles. The summed E-state index contributed by atoms with van der Waals surface area (Å²) in [6.07, 6.45) is 6.54. The lowest BCUT2D eigenvalue weighted by atomic mass is 9.82. The highest BCUT2D eigenvalue weighted by Crippen LogP contribution is 2.45. The molecule has 1 N–H and O–H groups in total. The summed E-state index contributed by atoms with van der Waals surface area (Å²) in [4.78, 5) is 19.6. The van der Waals surface area contributed by atoms with Crippen molar-refractivity contribution in [3.8, 4) is 17.4 Å². The first-order valence-electron chi connectivity index (χ1n) is 12.9. The Kier molecular flexibility index (Phi) is 6.08. The third-order valence-electron chi connectivity index (χ3n) is 7.59. The minimum absolute atomic E-state index is 0.269. The molecule has 0 atom stereocenters. The third kappa shape index (κ3) is 4.23. The zero-order valence-corrected chi connectivity index (χ0v) is 21.3. The Morgan fingerprint density at radius 1 is 1.16 bits per heavy atom. The predicted octanol–water partition coefficient (Wildman–Crippen LogP) is 5.76. The zero-order valence-electron chi connectivity index (χ0n) is 21.3. The summed E-state index contributed by atoms with van der Waals surface area (Å²) in [7, 11) is 1.67. The molecule has 0 aliphatic carbocycles. The number of carbonyl (C=O) groups is 1. The number of anilines is 1. The van der Waals surface area contributed by atoms with Gasteiger partial charge in [0.2, 0.25) is 5.88 Å². The SMILES string of the molecule is COc1cccc2c1C/C(=C/CCN1C(=O)OC3(CCNCC3)c3cc(C)ccc31)c1cccnc1O2. The van der Waals surface area contributed by atoms with Crippen LogP contribution in [0.2, 0.25) is 0 Å². The van der Waals surface area contributed by atoms with Gasteiger partial charge in [-0.1, -0.05) is 23.8 Å². The average molecular weight is 498 g/mol. The topological polar surface area (TPSA) is 72.9 Å². The quantitative estimate of drug-likeness (QED) is 0.494. The van der Waals surface area contributed by atoms with Crippen molar-refractivity contribution in [2.75, 3.05) is 31.6 Å². The van der Waals surface area contributed by atoms with Crippen molar-refractivity contribution in [3.05, 3.63) is 83.1 Å². The van der Waals surface area contributed by atoms with Gasteiger partial charge < -0.3 is 19.5 Å². The first kappa shape index (κ1) is 23.6. The van der Waals surface area contributed by atoms with E-state index in [0.29, 0.717) is 25.3 Å². The maximum absolute atomic E-state index is 13.3. The van der Waals surface area contributed by atoms with Crippen LogP contribution in [0.4, 0.5) is 10.5 Å². The van der Waals surface area contributed by atoms with Gasteiger partial charge in [-0.25, -0.2) is 9.78 Å². The number of rotatable bonds is 4. The van der Waals surface area contributed by atoms with Crippen molar-refractivity contribution in [3.63, 3.8) is 0 Å². The van der Waals surface area contributed by atoms with Gasteiger partial charge in [0.15, 0.2) is 0 Å². The van der Waals surface area contributed by atoms with E-state index in [1.54, 1.807) is 18.2 Å². The molecule has 1 saturated heterocycles. The average Bonchev–Trinajstić information content (AvgIpc) is 3.08. The van der Waals surface area contributed by atoms with Crippen LogP contribution in [0.5, 0.6) is 17.4 Å². The summed E-state index contributed by atoms with van der Waals surface area (Å²) in [5, 5.41) is 3.39. The van der Waals surface area contributed by atoms with E-state index in [1.807, 2.05) is 30.3 Å². The molecule has 7 heteroatoms. The van der Waals surface area contributed by atoms with Gasteiger partial charge in [0.25, 0.3) is 0 Å². The summed E-state index contributed by atoms with van der Waals surface area (Å²) in [5.74, 6) is 2.11. The number of allylic oxidation sites excluding steroid dienone is 1. The number of carbonyl (C=O) groups excluding carboxylic acids is 1. The molecular formula is C30H31N3O4. The Morgan fingerprint density at radius 2 is 2.03 bits per heavy atom. The molecule has 0 bridgehead atoms. The van der Waals surface area contributed by atoms with E-state index < -0.39 is 5.60 Å². The fraction of sp³-hybridized carbons (Fsp3) is 0.333. The van der Waals surface area contributed by atoms with Crippen molar-refractivity contribution in [1.29, 1.82) is 0 Å². The molecule has 1 amide bonds. The Hall–Kier alpha value is -3.84. The number of pyridine rings is 1. The molecule has 1 spiro atoms. The van der Waals surface area contributed by atoms with Crippen molar-refractivity contribution in [2.24, 2.45) is 0 Å². The second kappa shape index (κ2) is 9.56. The first-order chi connectivity index (χ1) is 18.1. The van der Waals surface area contributed by atoms with Crippen LogP contribution < -0.4 is 19.7 Å². The van der Waals surface area contributed by atoms with E-state index in [1.165, 1.54) is 5.56 Å². The number of methoxy groups -OCH3 is 1. The molecule has 0 unspecified atom stereocenters. The van der Waals surface area contributed by atoms with E-state index in [0.717, 1.165) is 65.4 Å². The molecule has 1 aromatic heterocycles. The maximum Gasteiger partial charge on any atom is 0.415 e. The number of nitrogens with zero attached hydrogens (tertiary/aromatic N) is 2. The van der Waals surface area contributed by atoms with Crippen LogP contribution in [0.25, 0.3) is 5.57 Å². The van der Waals surface area contributed by atoms with Crippen LogP contribution in [-0.2, 0) is 16.8 Å². The lowest BCUT2D eigenvalue weighted by Gasteiger charge is -2.44. The lowest BCUT2D eigenvalue weighted by molar-refractivity contribution is -0.0178. The second-order valence-electron chi connectivity index (χ2n) is 9.87. The van der Waals surface area contributed by atoms with Gasteiger partial charge in [-0.15, -0.1) is 0 Å². The highest BCUT2D eigenvalue weighted by Gasteiger charge is 2.45.